The third-order valence-electron chi connectivity index (χ3n) is 3.17. The molecule has 0 spiro atoms. The summed E-state index contributed by atoms with van der Waals surface area (Å²) in [4.78, 5) is 2.83. The van der Waals surface area contributed by atoms with E-state index in [1.54, 1.807) is 11.9 Å². The van der Waals surface area contributed by atoms with Crippen molar-refractivity contribution in [1.29, 1.82) is 0 Å². The highest BCUT2D eigenvalue weighted by Crippen LogP contribution is 2.18. The molecule has 1 aliphatic rings. The number of aromatic amines is 1. The van der Waals surface area contributed by atoms with Gasteiger partial charge in [-0.2, -0.15) is 5.10 Å². The van der Waals surface area contributed by atoms with E-state index < -0.39 is 10.0 Å². The number of rotatable bonds is 6. The molecule has 1 aromatic heterocycles. The lowest BCUT2D eigenvalue weighted by Gasteiger charge is -2.26. The molecular formula is C12H23N5O3S. The van der Waals surface area contributed by atoms with Crippen LogP contribution in [0.5, 0.6) is 0 Å². The number of hydrogen-bond acceptors (Lipinski definition) is 6. The van der Waals surface area contributed by atoms with Gasteiger partial charge in [0.15, 0.2) is 0 Å². The van der Waals surface area contributed by atoms with Gasteiger partial charge in [-0.3, -0.25) is 5.10 Å². The second-order valence-electron chi connectivity index (χ2n) is 5.35. The molecule has 0 unspecified atom stereocenters. The van der Waals surface area contributed by atoms with Gasteiger partial charge in [-0.05, 0) is 6.92 Å². The van der Waals surface area contributed by atoms with E-state index in [2.05, 4.69) is 20.3 Å². The Morgan fingerprint density at radius 2 is 2.05 bits per heavy atom. The number of H-pyrrole nitrogens is 1. The van der Waals surface area contributed by atoms with Crippen LogP contribution >= 0.6 is 0 Å². The predicted octanol–water partition coefficient (Wildman–Crippen LogP) is -0.258. The number of nitrogens with one attached hydrogen (secondary N) is 3. The molecule has 1 aliphatic heterocycles. The molecule has 0 aliphatic carbocycles. The van der Waals surface area contributed by atoms with Crippen LogP contribution in [-0.4, -0.2) is 56.0 Å². The first-order valence-corrected chi connectivity index (χ1v) is 8.51. The maximum atomic E-state index is 12.6. The molecule has 21 heavy (non-hydrogen) atoms. The Kier molecular flexibility index (Phi) is 5.33. The molecule has 8 nitrogen and oxygen atoms in total. The van der Waals surface area contributed by atoms with Crippen LogP contribution in [0, 0.1) is 6.92 Å². The second-order valence-corrected chi connectivity index (χ2v) is 6.95. The highest BCUT2D eigenvalue weighted by molar-refractivity contribution is 7.89. The number of hydrazine groups is 1. The van der Waals surface area contributed by atoms with Crippen molar-refractivity contribution in [3.8, 4) is 0 Å². The van der Waals surface area contributed by atoms with E-state index in [0.717, 1.165) is 0 Å². The highest BCUT2D eigenvalue weighted by atomic mass is 32.2. The summed E-state index contributed by atoms with van der Waals surface area (Å²) in [6, 6.07) is 0.254. The average Bonchev–Trinajstić information content (AvgIpc) is 2.79. The van der Waals surface area contributed by atoms with Gasteiger partial charge < -0.3 is 10.1 Å². The van der Waals surface area contributed by atoms with Crippen LogP contribution in [0.2, 0.25) is 0 Å². The molecule has 2 rings (SSSR count). The third kappa shape index (κ3) is 4.24. The van der Waals surface area contributed by atoms with Gasteiger partial charge in [-0.1, -0.05) is 13.8 Å². The van der Waals surface area contributed by atoms with Crippen molar-refractivity contribution >= 4 is 10.0 Å². The van der Waals surface area contributed by atoms with E-state index in [1.807, 2.05) is 13.8 Å². The normalized spacial score (nSPS) is 17.5. The van der Waals surface area contributed by atoms with E-state index in [1.165, 1.54) is 0 Å². The predicted molar refractivity (Wildman–Crippen MR) is 78.0 cm³/mol. The van der Waals surface area contributed by atoms with Crippen molar-refractivity contribution in [2.45, 2.75) is 38.3 Å². The van der Waals surface area contributed by atoms with Crippen LogP contribution in [0.1, 0.15) is 25.2 Å². The Labute approximate surface area is 125 Å². The highest BCUT2D eigenvalue weighted by Gasteiger charge is 2.27. The number of aryl methyl sites for hydroxylation is 1. The minimum atomic E-state index is -3.64. The zero-order valence-electron chi connectivity index (χ0n) is 12.6. The minimum absolute atomic E-state index is 0.224. The maximum Gasteiger partial charge on any atom is 0.257 e. The lowest BCUT2D eigenvalue weighted by atomic mass is 10.3. The molecule has 1 aromatic rings. The zero-order valence-corrected chi connectivity index (χ0v) is 13.5. The molecule has 3 N–H and O–H groups in total. The van der Waals surface area contributed by atoms with Gasteiger partial charge in [0.1, 0.15) is 4.90 Å². The SMILES string of the molecule is Cc1[nH]nc(CNC(C)C)c1S(=O)(=O)NN1CCOCC1. The van der Waals surface area contributed by atoms with E-state index in [0.29, 0.717) is 44.2 Å². The summed E-state index contributed by atoms with van der Waals surface area (Å²) >= 11 is 0. The Morgan fingerprint density at radius 3 is 2.67 bits per heavy atom. The van der Waals surface area contributed by atoms with Crippen molar-refractivity contribution in [3.63, 3.8) is 0 Å². The fourth-order valence-electron chi connectivity index (χ4n) is 2.12. The Balaban J connectivity index is 2.16. The van der Waals surface area contributed by atoms with E-state index in [4.69, 9.17) is 4.74 Å². The van der Waals surface area contributed by atoms with Gasteiger partial charge in [0.05, 0.1) is 24.6 Å². The zero-order chi connectivity index (χ0) is 15.5. The number of hydrogen-bond donors (Lipinski definition) is 3. The summed E-state index contributed by atoms with van der Waals surface area (Å²) < 4.78 is 30.3. The first kappa shape index (κ1) is 16.4. The van der Waals surface area contributed by atoms with Gasteiger partial charge in [0, 0.05) is 25.7 Å². The van der Waals surface area contributed by atoms with Gasteiger partial charge >= 0.3 is 0 Å². The lowest BCUT2D eigenvalue weighted by molar-refractivity contribution is 0.0272. The summed E-state index contributed by atoms with van der Waals surface area (Å²) in [7, 11) is -3.64. The standard InChI is InChI=1S/C12H23N5O3S/c1-9(2)13-8-11-12(10(3)14-15-11)21(18,19)16-17-4-6-20-7-5-17/h9,13,16H,4-8H2,1-3H3,(H,14,15). The summed E-state index contributed by atoms with van der Waals surface area (Å²) in [6.45, 7) is 8.23. The van der Waals surface area contributed by atoms with Gasteiger partial charge in [-0.15, -0.1) is 4.83 Å². The molecule has 0 aromatic carbocycles. The molecule has 1 fully saturated rings. The fourth-order valence-corrected chi connectivity index (χ4v) is 3.61. The van der Waals surface area contributed by atoms with Crippen LogP contribution in [0.4, 0.5) is 0 Å². The van der Waals surface area contributed by atoms with E-state index >= 15 is 0 Å². The molecule has 0 bridgehead atoms. The molecule has 1 saturated heterocycles. The van der Waals surface area contributed by atoms with E-state index in [9.17, 15) is 8.42 Å². The van der Waals surface area contributed by atoms with Gasteiger partial charge in [-0.25, -0.2) is 13.4 Å². The molecule has 0 saturated carbocycles. The second kappa shape index (κ2) is 6.84. The van der Waals surface area contributed by atoms with Gasteiger partial charge in [0.2, 0.25) is 0 Å². The summed E-state index contributed by atoms with van der Waals surface area (Å²) in [5, 5.41) is 11.7. The molecule has 0 amide bonds. The molecule has 120 valence electrons. The Hall–Kier alpha value is -1.00. The van der Waals surface area contributed by atoms with Gasteiger partial charge in [0.25, 0.3) is 10.0 Å². The van der Waals surface area contributed by atoms with Crippen LogP contribution in [-0.2, 0) is 21.3 Å². The Morgan fingerprint density at radius 1 is 1.38 bits per heavy atom. The van der Waals surface area contributed by atoms with E-state index in [-0.39, 0.29) is 10.9 Å². The smallest absolute Gasteiger partial charge is 0.257 e. The summed E-state index contributed by atoms with van der Waals surface area (Å²) in [5.41, 5.74) is 1.04. The quantitative estimate of drug-likeness (QED) is 0.669. The van der Waals surface area contributed by atoms with Crippen molar-refractivity contribution in [2.24, 2.45) is 0 Å². The maximum absolute atomic E-state index is 12.6. The largest absolute Gasteiger partial charge is 0.379 e. The summed E-state index contributed by atoms with van der Waals surface area (Å²) in [6.07, 6.45) is 0. The molecule has 0 radical (unpaired) electrons. The summed E-state index contributed by atoms with van der Waals surface area (Å²) in [5.74, 6) is 0. The van der Waals surface area contributed by atoms with Crippen molar-refractivity contribution in [1.82, 2.24) is 25.4 Å². The molecule has 2 heterocycles. The Bertz CT molecular complexity index is 563. The molecular weight excluding hydrogens is 294 g/mol. The molecule has 0 atom stereocenters. The van der Waals surface area contributed by atoms with Crippen LogP contribution in [0.15, 0.2) is 4.90 Å². The minimum Gasteiger partial charge on any atom is -0.379 e. The number of morpholine rings is 1. The van der Waals surface area contributed by atoms with Crippen LogP contribution in [0.3, 0.4) is 0 Å². The molecule has 9 heteroatoms. The first-order valence-electron chi connectivity index (χ1n) is 7.02. The van der Waals surface area contributed by atoms with Crippen LogP contribution in [0.25, 0.3) is 0 Å². The number of ether oxygens (including phenoxy) is 1. The lowest BCUT2D eigenvalue weighted by Crippen LogP contribution is -2.48. The monoisotopic (exact) mass is 317 g/mol. The first-order chi connectivity index (χ1) is 9.90. The van der Waals surface area contributed by atoms with Crippen molar-refractivity contribution < 1.29 is 13.2 Å². The number of aromatic nitrogens is 2. The number of nitrogens with zero attached hydrogens (tertiary/aromatic N) is 2. The van der Waals surface area contributed by atoms with Crippen LogP contribution < -0.4 is 10.1 Å². The topological polar surface area (TPSA) is 99.3 Å². The van der Waals surface area contributed by atoms with Crippen molar-refractivity contribution in [2.75, 3.05) is 26.3 Å². The number of sulfonamides is 1. The third-order valence-corrected chi connectivity index (χ3v) is 4.75. The average molecular weight is 317 g/mol. The fraction of sp³-hybridized carbons (Fsp3) is 0.750. The van der Waals surface area contributed by atoms with Crippen molar-refractivity contribution in [3.05, 3.63) is 11.4 Å².